The molecule has 0 bridgehead atoms. The molecule has 0 aliphatic heterocycles. The number of benzene rings is 2. The van der Waals surface area contributed by atoms with Gasteiger partial charge in [0.05, 0.1) is 0 Å². The number of hydrogen-bond donors (Lipinski definition) is 1. The molecule has 2 rings (SSSR count). The summed E-state index contributed by atoms with van der Waals surface area (Å²) in [6, 6.07) is 13.1. The Kier molecular flexibility index (Phi) is 3.25. The van der Waals surface area contributed by atoms with E-state index in [1.807, 2.05) is 0 Å². The van der Waals surface area contributed by atoms with Gasteiger partial charge in [0.2, 0.25) is 0 Å². The number of nitrogens with two attached hydrogens (primary N) is 1. The van der Waals surface area contributed by atoms with Crippen LogP contribution in [0.4, 0.5) is 0 Å². The van der Waals surface area contributed by atoms with Gasteiger partial charge in [-0.25, -0.2) is 0 Å². The highest BCUT2D eigenvalue weighted by atomic mass is 14.6. The van der Waals surface area contributed by atoms with Crippen molar-refractivity contribution in [1.82, 2.24) is 0 Å². The third-order valence-corrected chi connectivity index (χ3v) is 2.98. The van der Waals surface area contributed by atoms with Gasteiger partial charge in [-0.05, 0) is 35.2 Å². The van der Waals surface area contributed by atoms with E-state index in [1.165, 1.54) is 28.3 Å². The standard InChI is InChI=1S/C15H19N/c1-3-6-12-9-13-7-4-5-8-14(13)15(10-12)11(2)16/h4-5,7-11H,3,6,16H2,1-2H3. The molecule has 0 amide bonds. The lowest BCUT2D eigenvalue weighted by molar-refractivity contribution is 0.820. The minimum atomic E-state index is 0.0988. The van der Waals surface area contributed by atoms with Crippen LogP contribution < -0.4 is 5.73 Å². The Balaban J connectivity index is 2.64. The quantitative estimate of drug-likeness (QED) is 0.824. The Morgan fingerprint density at radius 2 is 1.94 bits per heavy atom. The average molecular weight is 213 g/mol. The summed E-state index contributed by atoms with van der Waals surface area (Å²) in [6.07, 6.45) is 2.31. The van der Waals surface area contributed by atoms with Gasteiger partial charge in [0.1, 0.15) is 0 Å². The van der Waals surface area contributed by atoms with Gasteiger partial charge in [-0.1, -0.05) is 49.7 Å². The zero-order valence-electron chi connectivity index (χ0n) is 10.0. The highest BCUT2D eigenvalue weighted by molar-refractivity contribution is 5.86. The van der Waals surface area contributed by atoms with E-state index in [9.17, 15) is 0 Å². The zero-order chi connectivity index (χ0) is 11.5. The van der Waals surface area contributed by atoms with E-state index in [4.69, 9.17) is 5.73 Å². The molecule has 16 heavy (non-hydrogen) atoms. The summed E-state index contributed by atoms with van der Waals surface area (Å²) < 4.78 is 0. The second-order valence-corrected chi connectivity index (χ2v) is 4.44. The molecule has 1 nitrogen and oxygen atoms in total. The number of hydrogen-bond acceptors (Lipinski definition) is 1. The molecule has 0 aliphatic carbocycles. The lowest BCUT2D eigenvalue weighted by Crippen LogP contribution is -2.06. The molecule has 0 fully saturated rings. The Bertz CT molecular complexity index is 486. The van der Waals surface area contributed by atoms with Crippen LogP contribution in [0.1, 0.15) is 37.4 Å². The maximum absolute atomic E-state index is 6.04. The van der Waals surface area contributed by atoms with Crippen LogP contribution in [0.25, 0.3) is 10.8 Å². The number of aryl methyl sites for hydroxylation is 1. The first-order chi connectivity index (χ1) is 7.72. The first-order valence-electron chi connectivity index (χ1n) is 5.99. The molecule has 0 aliphatic rings. The fraction of sp³-hybridized carbons (Fsp3) is 0.333. The Hall–Kier alpha value is -1.34. The van der Waals surface area contributed by atoms with Crippen LogP contribution in [0, 0.1) is 0 Å². The van der Waals surface area contributed by atoms with Gasteiger partial charge in [0, 0.05) is 6.04 Å². The maximum atomic E-state index is 6.04. The highest BCUT2D eigenvalue weighted by Crippen LogP contribution is 2.25. The van der Waals surface area contributed by atoms with E-state index in [2.05, 4.69) is 50.2 Å². The lowest BCUT2D eigenvalue weighted by Gasteiger charge is -2.12. The second kappa shape index (κ2) is 4.67. The normalized spacial score (nSPS) is 12.9. The van der Waals surface area contributed by atoms with Crippen LogP contribution in [-0.2, 0) is 6.42 Å². The van der Waals surface area contributed by atoms with Crippen LogP contribution >= 0.6 is 0 Å². The van der Waals surface area contributed by atoms with Crippen LogP contribution in [0.15, 0.2) is 36.4 Å². The number of rotatable bonds is 3. The van der Waals surface area contributed by atoms with Gasteiger partial charge in [0.25, 0.3) is 0 Å². The van der Waals surface area contributed by atoms with Crippen LogP contribution in [0.2, 0.25) is 0 Å². The average Bonchev–Trinajstić information content (AvgIpc) is 2.28. The molecule has 1 heteroatoms. The van der Waals surface area contributed by atoms with E-state index >= 15 is 0 Å². The molecular formula is C15H19N. The summed E-state index contributed by atoms with van der Waals surface area (Å²) in [7, 11) is 0. The Labute approximate surface area is 97.3 Å². The molecule has 2 N–H and O–H groups in total. The van der Waals surface area contributed by atoms with Crippen LogP contribution in [0.5, 0.6) is 0 Å². The van der Waals surface area contributed by atoms with Crippen molar-refractivity contribution in [2.45, 2.75) is 32.7 Å². The van der Waals surface area contributed by atoms with Gasteiger partial charge in [0.15, 0.2) is 0 Å². The van der Waals surface area contributed by atoms with E-state index in [0.717, 1.165) is 6.42 Å². The van der Waals surface area contributed by atoms with Crippen molar-refractivity contribution in [2.24, 2.45) is 5.73 Å². The van der Waals surface area contributed by atoms with E-state index in [0.29, 0.717) is 0 Å². The van der Waals surface area contributed by atoms with Gasteiger partial charge >= 0.3 is 0 Å². The highest BCUT2D eigenvalue weighted by Gasteiger charge is 2.06. The summed E-state index contributed by atoms with van der Waals surface area (Å²) in [5.74, 6) is 0. The molecule has 0 saturated carbocycles. The van der Waals surface area contributed by atoms with Crippen LogP contribution in [0.3, 0.4) is 0 Å². The van der Waals surface area contributed by atoms with Gasteiger partial charge < -0.3 is 5.73 Å². The third kappa shape index (κ3) is 2.10. The molecule has 0 saturated heterocycles. The molecule has 0 heterocycles. The van der Waals surface area contributed by atoms with Gasteiger partial charge in [-0.3, -0.25) is 0 Å². The summed E-state index contributed by atoms with van der Waals surface area (Å²) in [5, 5.41) is 2.60. The van der Waals surface area contributed by atoms with E-state index < -0.39 is 0 Å². The summed E-state index contributed by atoms with van der Waals surface area (Å²) in [6.45, 7) is 4.26. The molecule has 0 aromatic heterocycles. The lowest BCUT2D eigenvalue weighted by atomic mass is 9.95. The predicted octanol–water partition coefficient (Wildman–Crippen LogP) is 3.81. The monoisotopic (exact) mass is 213 g/mol. The fourth-order valence-corrected chi connectivity index (χ4v) is 2.21. The topological polar surface area (TPSA) is 26.0 Å². The maximum Gasteiger partial charge on any atom is 0.0272 e. The van der Waals surface area contributed by atoms with E-state index in [-0.39, 0.29) is 6.04 Å². The van der Waals surface area contributed by atoms with E-state index in [1.54, 1.807) is 0 Å². The van der Waals surface area contributed by atoms with Crippen molar-refractivity contribution >= 4 is 10.8 Å². The minimum absolute atomic E-state index is 0.0988. The fourth-order valence-electron chi connectivity index (χ4n) is 2.21. The summed E-state index contributed by atoms with van der Waals surface area (Å²) >= 11 is 0. The molecule has 1 unspecified atom stereocenters. The molecule has 84 valence electrons. The first-order valence-corrected chi connectivity index (χ1v) is 5.99. The smallest absolute Gasteiger partial charge is 0.0272 e. The zero-order valence-corrected chi connectivity index (χ0v) is 10.0. The largest absolute Gasteiger partial charge is 0.324 e. The van der Waals surface area contributed by atoms with Gasteiger partial charge in [-0.2, -0.15) is 0 Å². The first kappa shape index (κ1) is 11.2. The summed E-state index contributed by atoms with van der Waals surface area (Å²) in [4.78, 5) is 0. The van der Waals surface area contributed by atoms with Crippen molar-refractivity contribution in [3.8, 4) is 0 Å². The molecule has 1 atom stereocenters. The van der Waals surface area contributed by atoms with Gasteiger partial charge in [-0.15, -0.1) is 0 Å². The third-order valence-electron chi connectivity index (χ3n) is 2.98. The van der Waals surface area contributed by atoms with Crippen LogP contribution in [-0.4, -0.2) is 0 Å². The Morgan fingerprint density at radius 1 is 1.19 bits per heavy atom. The van der Waals surface area contributed by atoms with Crippen molar-refractivity contribution in [3.63, 3.8) is 0 Å². The second-order valence-electron chi connectivity index (χ2n) is 4.44. The molecule has 2 aromatic rings. The predicted molar refractivity (Wildman–Crippen MR) is 70.5 cm³/mol. The molecule has 2 aromatic carbocycles. The minimum Gasteiger partial charge on any atom is -0.324 e. The molecular weight excluding hydrogens is 194 g/mol. The van der Waals surface area contributed by atoms with Crippen molar-refractivity contribution in [2.75, 3.05) is 0 Å². The summed E-state index contributed by atoms with van der Waals surface area (Å²) in [5.41, 5.74) is 8.71. The number of fused-ring (bicyclic) bond motifs is 1. The van der Waals surface area contributed by atoms with Crippen molar-refractivity contribution in [3.05, 3.63) is 47.5 Å². The molecule has 0 spiro atoms. The molecule has 0 radical (unpaired) electrons. The Morgan fingerprint density at radius 3 is 2.62 bits per heavy atom. The van der Waals surface area contributed by atoms with Crippen molar-refractivity contribution < 1.29 is 0 Å². The van der Waals surface area contributed by atoms with Crippen molar-refractivity contribution in [1.29, 1.82) is 0 Å². The SMILES string of the molecule is CCCc1cc(C(C)N)c2ccccc2c1.